The van der Waals surface area contributed by atoms with Crippen LogP contribution >= 0.6 is 0 Å². The van der Waals surface area contributed by atoms with E-state index >= 15 is 0 Å². The number of esters is 1. The lowest BCUT2D eigenvalue weighted by molar-refractivity contribution is -0.145. The molecule has 0 aromatic heterocycles. The Labute approximate surface area is 72.1 Å². The lowest BCUT2D eigenvalue weighted by Gasteiger charge is -1.98. The van der Waals surface area contributed by atoms with Crippen LogP contribution in [0, 0.1) is 11.8 Å². The molecule has 0 heterocycles. The number of hydrogen-bond acceptors (Lipinski definition) is 3. The van der Waals surface area contributed by atoms with Crippen LogP contribution in [-0.4, -0.2) is 18.4 Å². The first-order valence-corrected chi connectivity index (χ1v) is 4.40. The van der Waals surface area contributed by atoms with Gasteiger partial charge < -0.3 is 4.74 Å². The second-order valence-corrected chi connectivity index (χ2v) is 3.02. The van der Waals surface area contributed by atoms with Gasteiger partial charge in [0.25, 0.3) is 0 Å². The first-order chi connectivity index (χ1) is 5.70. The van der Waals surface area contributed by atoms with Gasteiger partial charge in [-0.05, 0) is 13.3 Å². The fourth-order valence-electron chi connectivity index (χ4n) is 1.32. The minimum atomic E-state index is -0.204. The predicted molar refractivity (Wildman–Crippen MR) is 43.5 cm³/mol. The van der Waals surface area contributed by atoms with Crippen LogP contribution in [0.15, 0.2) is 0 Å². The average molecular weight is 170 g/mol. The van der Waals surface area contributed by atoms with Gasteiger partial charge in [-0.15, -0.1) is 0 Å². The Bertz CT molecular complexity index is 198. The summed E-state index contributed by atoms with van der Waals surface area (Å²) < 4.78 is 4.80. The molecule has 1 saturated carbocycles. The monoisotopic (exact) mass is 170 g/mol. The minimum Gasteiger partial charge on any atom is -0.466 e. The fourth-order valence-corrected chi connectivity index (χ4v) is 1.32. The standard InChI is InChI=1S/C9H14O3/c1-3-8(10)6-5-7(6)9(11)12-4-2/h6-7H,3-5H2,1-2H3/t6-,7+/m0/s1. The predicted octanol–water partition coefficient (Wildman–Crippen LogP) is 1.16. The van der Waals surface area contributed by atoms with Crippen molar-refractivity contribution in [2.24, 2.45) is 11.8 Å². The van der Waals surface area contributed by atoms with Crippen LogP contribution in [0.5, 0.6) is 0 Å². The minimum absolute atomic E-state index is 0.0333. The quantitative estimate of drug-likeness (QED) is 0.595. The molecule has 2 atom stereocenters. The zero-order valence-corrected chi connectivity index (χ0v) is 7.50. The highest BCUT2D eigenvalue weighted by Gasteiger charge is 2.47. The van der Waals surface area contributed by atoms with Crippen LogP contribution in [0.1, 0.15) is 26.7 Å². The van der Waals surface area contributed by atoms with Gasteiger partial charge in [-0.2, -0.15) is 0 Å². The van der Waals surface area contributed by atoms with E-state index in [-0.39, 0.29) is 23.6 Å². The molecule has 0 aliphatic heterocycles. The molecule has 0 spiro atoms. The number of ketones is 1. The van der Waals surface area contributed by atoms with E-state index in [1.807, 2.05) is 6.92 Å². The summed E-state index contributed by atoms with van der Waals surface area (Å²) in [4.78, 5) is 22.1. The van der Waals surface area contributed by atoms with Crippen LogP contribution in [0.2, 0.25) is 0 Å². The lowest BCUT2D eigenvalue weighted by Crippen LogP contribution is -2.10. The van der Waals surface area contributed by atoms with E-state index in [2.05, 4.69) is 0 Å². The van der Waals surface area contributed by atoms with Crippen LogP contribution < -0.4 is 0 Å². The normalized spacial score (nSPS) is 26.5. The molecule has 3 heteroatoms. The van der Waals surface area contributed by atoms with E-state index in [9.17, 15) is 9.59 Å². The molecule has 1 aliphatic rings. The summed E-state index contributed by atoms with van der Waals surface area (Å²) in [7, 11) is 0. The summed E-state index contributed by atoms with van der Waals surface area (Å²) >= 11 is 0. The summed E-state index contributed by atoms with van der Waals surface area (Å²) in [6.07, 6.45) is 1.23. The molecule has 0 N–H and O–H groups in total. The fraction of sp³-hybridized carbons (Fsp3) is 0.778. The van der Waals surface area contributed by atoms with Crippen molar-refractivity contribution in [1.29, 1.82) is 0 Å². The number of ether oxygens (including phenoxy) is 1. The summed E-state index contributed by atoms with van der Waals surface area (Å²) in [5.74, 6) is -0.177. The number of carbonyl (C=O) groups excluding carboxylic acids is 2. The Hall–Kier alpha value is -0.860. The largest absolute Gasteiger partial charge is 0.466 e. The molecule has 12 heavy (non-hydrogen) atoms. The van der Waals surface area contributed by atoms with E-state index in [0.29, 0.717) is 19.4 Å². The zero-order valence-electron chi connectivity index (χ0n) is 7.50. The second-order valence-electron chi connectivity index (χ2n) is 3.02. The molecule has 0 aromatic carbocycles. The van der Waals surface area contributed by atoms with E-state index in [1.165, 1.54) is 0 Å². The van der Waals surface area contributed by atoms with E-state index in [1.54, 1.807) is 6.92 Å². The van der Waals surface area contributed by atoms with Gasteiger partial charge in [0.15, 0.2) is 0 Å². The SMILES string of the molecule is CCOC(=O)[C@@H]1C[C@@H]1C(=O)CC. The van der Waals surface area contributed by atoms with Crippen molar-refractivity contribution in [2.75, 3.05) is 6.61 Å². The van der Waals surface area contributed by atoms with Crippen LogP contribution in [0.25, 0.3) is 0 Å². The summed E-state index contributed by atoms with van der Waals surface area (Å²) in [6.45, 7) is 4.00. The molecule has 0 unspecified atom stereocenters. The van der Waals surface area contributed by atoms with Crippen molar-refractivity contribution in [3.05, 3.63) is 0 Å². The first kappa shape index (κ1) is 9.23. The Balaban J connectivity index is 2.32. The van der Waals surface area contributed by atoms with Crippen molar-refractivity contribution < 1.29 is 14.3 Å². The van der Waals surface area contributed by atoms with Gasteiger partial charge in [-0.1, -0.05) is 6.92 Å². The lowest BCUT2D eigenvalue weighted by atomic mass is 10.2. The molecular formula is C9H14O3. The van der Waals surface area contributed by atoms with Gasteiger partial charge in [-0.25, -0.2) is 0 Å². The molecule has 0 amide bonds. The van der Waals surface area contributed by atoms with Crippen LogP contribution in [0.4, 0.5) is 0 Å². The molecule has 3 nitrogen and oxygen atoms in total. The van der Waals surface area contributed by atoms with Crippen molar-refractivity contribution in [1.82, 2.24) is 0 Å². The van der Waals surface area contributed by atoms with Crippen LogP contribution in [0.3, 0.4) is 0 Å². The highest BCUT2D eigenvalue weighted by Crippen LogP contribution is 2.40. The third kappa shape index (κ3) is 1.84. The van der Waals surface area contributed by atoms with Gasteiger partial charge >= 0.3 is 5.97 Å². The average Bonchev–Trinajstić information content (AvgIpc) is 2.82. The molecule has 0 bridgehead atoms. The number of rotatable bonds is 4. The van der Waals surface area contributed by atoms with Gasteiger partial charge in [0.05, 0.1) is 12.5 Å². The topological polar surface area (TPSA) is 43.4 Å². The third-order valence-corrected chi connectivity index (χ3v) is 2.14. The summed E-state index contributed by atoms with van der Waals surface area (Å²) in [6, 6.07) is 0. The first-order valence-electron chi connectivity index (χ1n) is 4.40. The second kappa shape index (κ2) is 3.70. The van der Waals surface area contributed by atoms with Gasteiger partial charge in [0.2, 0.25) is 0 Å². The molecule has 1 aliphatic carbocycles. The van der Waals surface area contributed by atoms with Crippen LogP contribution in [-0.2, 0) is 14.3 Å². The Morgan fingerprint density at radius 2 is 2.00 bits per heavy atom. The van der Waals surface area contributed by atoms with Crippen molar-refractivity contribution >= 4 is 11.8 Å². The van der Waals surface area contributed by atoms with Gasteiger partial charge in [0.1, 0.15) is 5.78 Å². The maximum atomic E-state index is 11.1. The molecule has 0 saturated heterocycles. The molecule has 68 valence electrons. The molecule has 1 rings (SSSR count). The van der Waals surface area contributed by atoms with Crippen molar-refractivity contribution in [3.63, 3.8) is 0 Å². The zero-order chi connectivity index (χ0) is 9.14. The van der Waals surface area contributed by atoms with Gasteiger partial charge in [-0.3, -0.25) is 9.59 Å². The van der Waals surface area contributed by atoms with Crippen molar-refractivity contribution in [2.45, 2.75) is 26.7 Å². The highest BCUT2D eigenvalue weighted by molar-refractivity contribution is 5.91. The molecule has 0 radical (unpaired) electrons. The smallest absolute Gasteiger partial charge is 0.309 e. The number of hydrogen-bond donors (Lipinski definition) is 0. The molecular weight excluding hydrogens is 156 g/mol. The van der Waals surface area contributed by atoms with E-state index < -0.39 is 0 Å². The van der Waals surface area contributed by atoms with E-state index in [4.69, 9.17) is 4.74 Å². The summed E-state index contributed by atoms with van der Waals surface area (Å²) in [5, 5.41) is 0. The molecule has 1 fully saturated rings. The third-order valence-electron chi connectivity index (χ3n) is 2.14. The highest BCUT2D eigenvalue weighted by atomic mass is 16.5. The number of carbonyl (C=O) groups is 2. The van der Waals surface area contributed by atoms with Crippen molar-refractivity contribution in [3.8, 4) is 0 Å². The molecule has 0 aromatic rings. The Morgan fingerprint density at radius 1 is 1.33 bits per heavy atom. The Morgan fingerprint density at radius 3 is 2.50 bits per heavy atom. The maximum Gasteiger partial charge on any atom is 0.309 e. The number of Topliss-reactive ketones (excluding diaryl/α,β-unsaturated/α-hetero) is 1. The Kier molecular flexibility index (Phi) is 2.84. The van der Waals surface area contributed by atoms with Gasteiger partial charge in [0, 0.05) is 12.3 Å². The maximum absolute atomic E-state index is 11.1. The summed E-state index contributed by atoms with van der Waals surface area (Å²) in [5.41, 5.74) is 0. The van der Waals surface area contributed by atoms with E-state index in [0.717, 1.165) is 0 Å².